The normalized spacial score (nSPS) is 29.6. The second kappa shape index (κ2) is 5.02. The largest absolute Gasteiger partial charge is 0.394 e. The zero-order chi connectivity index (χ0) is 11.6. The summed E-state index contributed by atoms with van der Waals surface area (Å²) in [5.41, 5.74) is 0.893. The fourth-order valence-electron chi connectivity index (χ4n) is 1.66. The molecule has 0 aliphatic carbocycles. The van der Waals surface area contributed by atoms with Crippen molar-refractivity contribution in [2.45, 2.75) is 11.9 Å². The molecule has 3 nitrogen and oxygen atoms in total. The Labute approximate surface area is 107 Å². The Morgan fingerprint density at radius 3 is 2.62 bits per heavy atom. The molecule has 2 atom stereocenters. The lowest BCUT2D eigenvalue weighted by Gasteiger charge is -2.26. The molecular formula is C11H12BrClO3. The number of aliphatic hydroxyl groups is 1. The van der Waals surface area contributed by atoms with Gasteiger partial charge in [0.1, 0.15) is 6.10 Å². The first kappa shape index (κ1) is 12.3. The molecule has 1 aromatic carbocycles. The Balaban J connectivity index is 2.25. The summed E-state index contributed by atoms with van der Waals surface area (Å²) in [5.74, 6) is -0.808. The van der Waals surface area contributed by atoms with Crippen LogP contribution in [0.5, 0.6) is 0 Å². The summed E-state index contributed by atoms with van der Waals surface area (Å²) in [7, 11) is 0. The summed E-state index contributed by atoms with van der Waals surface area (Å²) in [5, 5.41) is 10.2. The molecule has 0 amide bonds. The average Bonchev–Trinajstić information content (AvgIpc) is 2.75. The highest BCUT2D eigenvalue weighted by Gasteiger charge is 2.42. The van der Waals surface area contributed by atoms with E-state index in [9.17, 15) is 0 Å². The van der Waals surface area contributed by atoms with Gasteiger partial charge in [-0.3, -0.25) is 0 Å². The van der Waals surface area contributed by atoms with Crippen molar-refractivity contribution in [1.82, 2.24) is 0 Å². The number of aliphatic hydroxyl groups excluding tert-OH is 1. The summed E-state index contributed by atoms with van der Waals surface area (Å²) in [6.45, 7) is 0.354. The van der Waals surface area contributed by atoms with Gasteiger partial charge >= 0.3 is 0 Å². The third-order valence-corrected chi connectivity index (χ3v) is 3.51. The van der Waals surface area contributed by atoms with E-state index >= 15 is 0 Å². The number of benzene rings is 1. The molecule has 1 aliphatic rings. The predicted octanol–water partition coefficient (Wildman–Crippen LogP) is 2.30. The number of hydrogen-bond donors (Lipinski definition) is 1. The molecule has 88 valence electrons. The minimum absolute atomic E-state index is 0.0393. The molecule has 5 heteroatoms. The Bertz CT molecular complexity index is 357. The lowest BCUT2D eigenvalue weighted by molar-refractivity contribution is -0.160. The Morgan fingerprint density at radius 1 is 1.44 bits per heavy atom. The molecule has 1 heterocycles. The number of ether oxygens (including phenoxy) is 2. The molecule has 0 aromatic heterocycles. The predicted molar refractivity (Wildman–Crippen MR) is 64.8 cm³/mol. The Morgan fingerprint density at radius 2 is 2.12 bits per heavy atom. The second-order valence-corrected chi connectivity index (χ2v) is 4.62. The number of rotatable bonds is 3. The summed E-state index contributed by atoms with van der Waals surface area (Å²) in [6.07, 6.45) is -0.270. The van der Waals surface area contributed by atoms with Gasteiger partial charge in [-0.15, -0.1) is 0 Å². The monoisotopic (exact) mass is 306 g/mol. The van der Waals surface area contributed by atoms with Gasteiger partial charge < -0.3 is 14.6 Å². The van der Waals surface area contributed by atoms with E-state index < -0.39 is 5.79 Å². The van der Waals surface area contributed by atoms with Crippen molar-refractivity contribution in [3.63, 3.8) is 0 Å². The van der Waals surface area contributed by atoms with Crippen LogP contribution in [0.15, 0.2) is 24.3 Å². The molecule has 1 aliphatic heterocycles. The molecule has 1 saturated heterocycles. The highest BCUT2D eigenvalue weighted by Crippen LogP contribution is 2.36. The molecule has 16 heavy (non-hydrogen) atoms. The van der Waals surface area contributed by atoms with Crippen molar-refractivity contribution in [3.8, 4) is 0 Å². The van der Waals surface area contributed by atoms with Gasteiger partial charge in [-0.25, -0.2) is 0 Å². The molecule has 2 rings (SSSR count). The number of halogens is 2. The van der Waals surface area contributed by atoms with Crippen LogP contribution in [0.4, 0.5) is 0 Å². The van der Waals surface area contributed by atoms with Gasteiger partial charge in [0.2, 0.25) is 5.79 Å². The molecule has 0 radical (unpaired) electrons. The summed E-state index contributed by atoms with van der Waals surface area (Å²) in [4.78, 5) is 0. The van der Waals surface area contributed by atoms with Crippen molar-refractivity contribution in [3.05, 3.63) is 34.9 Å². The van der Waals surface area contributed by atoms with Gasteiger partial charge in [0.05, 0.1) is 18.5 Å². The van der Waals surface area contributed by atoms with Crippen molar-refractivity contribution < 1.29 is 14.6 Å². The van der Waals surface area contributed by atoms with E-state index in [-0.39, 0.29) is 12.7 Å². The standard InChI is InChI=1S/C11H12BrClO3/c12-7-11(15-6-10(5-14)16-11)8-1-3-9(13)4-2-8/h1-4,10,14H,5-7H2/t10-,11-/m1/s1. The summed E-state index contributed by atoms with van der Waals surface area (Å²) < 4.78 is 11.4. The molecule has 0 unspecified atom stereocenters. The van der Waals surface area contributed by atoms with Crippen LogP contribution in [0.25, 0.3) is 0 Å². The molecule has 0 saturated carbocycles. The topological polar surface area (TPSA) is 38.7 Å². The van der Waals surface area contributed by atoms with Gasteiger partial charge in [-0.2, -0.15) is 0 Å². The minimum Gasteiger partial charge on any atom is -0.394 e. The zero-order valence-corrected chi connectivity index (χ0v) is 10.9. The third-order valence-electron chi connectivity index (χ3n) is 2.52. The van der Waals surface area contributed by atoms with E-state index in [1.807, 2.05) is 12.1 Å². The molecule has 0 spiro atoms. The van der Waals surface area contributed by atoms with E-state index in [2.05, 4.69) is 15.9 Å². The van der Waals surface area contributed by atoms with Crippen molar-refractivity contribution >= 4 is 27.5 Å². The van der Waals surface area contributed by atoms with E-state index in [0.29, 0.717) is 17.0 Å². The smallest absolute Gasteiger partial charge is 0.205 e. The molecule has 1 aromatic rings. The first-order valence-electron chi connectivity index (χ1n) is 4.95. The highest BCUT2D eigenvalue weighted by atomic mass is 79.9. The molecule has 1 fully saturated rings. The van der Waals surface area contributed by atoms with Crippen LogP contribution in [-0.2, 0) is 15.3 Å². The van der Waals surface area contributed by atoms with Gasteiger partial charge in [-0.1, -0.05) is 39.7 Å². The maximum absolute atomic E-state index is 9.04. The van der Waals surface area contributed by atoms with Crippen LogP contribution in [0, 0.1) is 0 Å². The van der Waals surface area contributed by atoms with Crippen LogP contribution in [0.2, 0.25) is 5.02 Å². The van der Waals surface area contributed by atoms with Crippen molar-refractivity contribution in [2.24, 2.45) is 0 Å². The van der Waals surface area contributed by atoms with Crippen molar-refractivity contribution in [1.29, 1.82) is 0 Å². The van der Waals surface area contributed by atoms with Crippen LogP contribution in [0.1, 0.15) is 5.56 Å². The first-order valence-corrected chi connectivity index (χ1v) is 6.45. The van der Waals surface area contributed by atoms with Crippen LogP contribution >= 0.6 is 27.5 Å². The van der Waals surface area contributed by atoms with Crippen LogP contribution in [0.3, 0.4) is 0 Å². The fourth-order valence-corrected chi connectivity index (χ4v) is 2.40. The van der Waals surface area contributed by atoms with Crippen molar-refractivity contribution in [2.75, 3.05) is 18.5 Å². The van der Waals surface area contributed by atoms with Gasteiger partial charge in [0.15, 0.2) is 0 Å². The Hall–Kier alpha value is -0.130. The maximum Gasteiger partial charge on any atom is 0.205 e. The minimum atomic E-state index is -0.808. The van der Waals surface area contributed by atoms with E-state index in [1.165, 1.54) is 0 Å². The lowest BCUT2D eigenvalue weighted by atomic mass is 10.1. The van der Waals surface area contributed by atoms with Crippen LogP contribution < -0.4 is 0 Å². The lowest BCUT2D eigenvalue weighted by Crippen LogP contribution is -2.30. The van der Waals surface area contributed by atoms with Crippen LogP contribution in [-0.4, -0.2) is 29.8 Å². The number of alkyl halides is 1. The quantitative estimate of drug-likeness (QED) is 0.871. The van der Waals surface area contributed by atoms with E-state index in [1.54, 1.807) is 12.1 Å². The third kappa shape index (κ3) is 2.26. The summed E-state index contributed by atoms with van der Waals surface area (Å²) in [6, 6.07) is 7.31. The SMILES string of the molecule is OC[C@@H]1CO[C@@](CBr)(c2ccc(Cl)cc2)O1. The van der Waals surface area contributed by atoms with Gasteiger partial charge in [-0.05, 0) is 12.1 Å². The van der Waals surface area contributed by atoms with E-state index in [0.717, 1.165) is 5.56 Å². The first-order chi connectivity index (χ1) is 7.70. The number of hydrogen-bond acceptors (Lipinski definition) is 3. The molecule has 1 N–H and O–H groups in total. The zero-order valence-electron chi connectivity index (χ0n) is 8.53. The van der Waals surface area contributed by atoms with Gasteiger partial charge in [0.25, 0.3) is 0 Å². The molecular weight excluding hydrogens is 295 g/mol. The maximum atomic E-state index is 9.04. The summed E-state index contributed by atoms with van der Waals surface area (Å²) >= 11 is 9.21. The Kier molecular flexibility index (Phi) is 3.87. The second-order valence-electron chi connectivity index (χ2n) is 3.63. The van der Waals surface area contributed by atoms with Gasteiger partial charge in [0, 0.05) is 10.6 Å². The average molecular weight is 308 g/mol. The fraction of sp³-hybridized carbons (Fsp3) is 0.455. The highest BCUT2D eigenvalue weighted by molar-refractivity contribution is 9.09. The molecule has 0 bridgehead atoms. The van der Waals surface area contributed by atoms with E-state index in [4.69, 9.17) is 26.2 Å².